The van der Waals surface area contributed by atoms with E-state index in [-0.39, 0.29) is 10.6 Å². The average molecular weight is 245 g/mol. The Morgan fingerprint density at radius 1 is 1.50 bits per heavy atom. The molecule has 1 aliphatic heterocycles. The van der Waals surface area contributed by atoms with Gasteiger partial charge in [-0.15, -0.1) is 0 Å². The summed E-state index contributed by atoms with van der Waals surface area (Å²) in [6.07, 6.45) is 0. The zero-order valence-electron chi connectivity index (χ0n) is 7.97. The van der Waals surface area contributed by atoms with Crippen molar-refractivity contribution in [2.45, 2.75) is 10.9 Å². The SMILES string of the molecule is O=C(O)C1CS(=O)(=O)c2cc(F)ccc2N1. The summed E-state index contributed by atoms with van der Waals surface area (Å²) in [4.78, 5) is 10.5. The Morgan fingerprint density at radius 3 is 2.81 bits per heavy atom. The normalized spacial score (nSPS) is 21.9. The van der Waals surface area contributed by atoms with Crippen molar-refractivity contribution in [1.82, 2.24) is 0 Å². The Bertz CT molecular complexity index is 555. The standard InChI is InChI=1S/C9H8FNO4S/c10-5-1-2-6-8(3-5)16(14,15)4-7(11-6)9(12)13/h1-3,7,11H,4H2,(H,12,13). The second-order valence-electron chi connectivity index (χ2n) is 3.46. The Kier molecular flexibility index (Phi) is 2.34. The molecular formula is C9H8FNO4S. The summed E-state index contributed by atoms with van der Waals surface area (Å²) < 4.78 is 36.2. The van der Waals surface area contributed by atoms with Crippen molar-refractivity contribution in [3.8, 4) is 0 Å². The van der Waals surface area contributed by atoms with Crippen LogP contribution >= 0.6 is 0 Å². The van der Waals surface area contributed by atoms with Gasteiger partial charge in [-0.2, -0.15) is 0 Å². The van der Waals surface area contributed by atoms with Crippen LogP contribution in [0.2, 0.25) is 0 Å². The molecule has 0 fully saturated rings. The number of carbonyl (C=O) groups is 1. The number of aliphatic carboxylic acids is 1. The monoisotopic (exact) mass is 245 g/mol. The quantitative estimate of drug-likeness (QED) is 0.751. The van der Waals surface area contributed by atoms with Gasteiger partial charge in [-0.3, -0.25) is 0 Å². The van der Waals surface area contributed by atoms with Crippen molar-refractivity contribution in [1.29, 1.82) is 0 Å². The number of fused-ring (bicyclic) bond motifs is 1. The number of halogens is 1. The van der Waals surface area contributed by atoms with Gasteiger partial charge in [0, 0.05) is 0 Å². The molecule has 1 unspecified atom stereocenters. The molecule has 0 aromatic heterocycles. The van der Waals surface area contributed by atoms with Crippen molar-refractivity contribution < 1.29 is 22.7 Å². The maximum Gasteiger partial charge on any atom is 0.327 e. The second kappa shape index (κ2) is 3.44. The van der Waals surface area contributed by atoms with E-state index in [4.69, 9.17) is 5.11 Å². The smallest absolute Gasteiger partial charge is 0.327 e. The first-order chi connectivity index (χ1) is 7.40. The van der Waals surface area contributed by atoms with E-state index in [1.54, 1.807) is 0 Å². The van der Waals surface area contributed by atoms with E-state index in [1.807, 2.05) is 0 Å². The van der Waals surface area contributed by atoms with Crippen molar-refractivity contribution in [2.75, 3.05) is 11.1 Å². The molecule has 5 nitrogen and oxygen atoms in total. The van der Waals surface area contributed by atoms with Crippen LogP contribution in [-0.4, -0.2) is 31.3 Å². The second-order valence-corrected chi connectivity index (χ2v) is 5.46. The highest BCUT2D eigenvalue weighted by Crippen LogP contribution is 2.28. The zero-order chi connectivity index (χ0) is 11.9. The van der Waals surface area contributed by atoms with Crippen LogP contribution in [0.5, 0.6) is 0 Å². The molecule has 0 aliphatic carbocycles. The minimum atomic E-state index is -3.74. The van der Waals surface area contributed by atoms with Crippen LogP contribution in [-0.2, 0) is 14.6 Å². The molecule has 2 N–H and O–H groups in total. The van der Waals surface area contributed by atoms with Crippen LogP contribution in [0.1, 0.15) is 0 Å². The van der Waals surface area contributed by atoms with Gasteiger partial charge in [0.1, 0.15) is 11.9 Å². The summed E-state index contributed by atoms with van der Waals surface area (Å²) >= 11 is 0. The van der Waals surface area contributed by atoms with E-state index in [0.717, 1.165) is 12.1 Å². The molecule has 1 atom stereocenters. The van der Waals surface area contributed by atoms with E-state index in [9.17, 15) is 17.6 Å². The average Bonchev–Trinajstić information content (AvgIpc) is 2.18. The molecule has 1 aromatic rings. The summed E-state index contributed by atoms with van der Waals surface area (Å²) in [7, 11) is -3.74. The lowest BCUT2D eigenvalue weighted by Crippen LogP contribution is -2.40. The fraction of sp³-hybridized carbons (Fsp3) is 0.222. The zero-order valence-corrected chi connectivity index (χ0v) is 8.79. The lowest BCUT2D eigenvalue weighted by molar-refractivity contribution is -0.137. The highest BCUT2D eigenvalue weighted by atomic mass is 32.2. The molecule has 1 aliphatic rings. The van der Waals surface area contributed by atoms with E-state index in [2.05, 4.69) is 5.32 Å². The first kappa shape index (κ1) is 10.9. The van der Waals surface area contributed by atoms with Gasteiger partial charge in [-0.1, -0.05) is 0 Å². The summed E-state index contributed by atoms with van der Waals surface area (Å²) in [6.45, 7) is 0. The van der Waals surface area contributed by atoms with Gasteiger partial charge >= 0.3 is 5.97 Å². The molecule has 1 heterocycles. The number of nitrogens with one attached hydrogen (secondary N) is 1. The molecule has 0 saturated carbocycles. The number of hydrogen-bond acceptors (Lipinski definition) is 4. The van der Waals surface area contributed by atoms with Gasteiger partial charge in [0.25, 0.3) is 0 Å². The first-order valence-corrected chi connectivity index (χ1v) is 6.07. The van der Waals surface area contributed by atoms with Crippen molar-refractivity contribution in [3.63, 3.8) is 0 Å². The van der Waals surface area contributed by atoms with Gasteiger partial charge in [-0.25, -0.2) is 17.6 Å². The summed E-state index contributed by atoms with van der Waals surface area (Å²) in [5.74, 6) is -2.49. The third kappa shape index (κ3) is 1.73. The molecule has 86 valence electrons. The summed E-state index contributed by atoms with van der Waals surface area (Å²) in [5.41, 5.74) is 0.125. The minimum Gasteiger partial charge on any atom is -0.480 e. The van der Waals surface area contributed by atoms with E-state index in [1.165, 1.54) is 6.07 Å². The van der Waals surface area contributed by atoms with Crippen LogP contribution in [0, 0.1) is 5.82 Å². The van der Waals surface area contributed by atoms with Crippen LogP contribution in [0.25, 0.3) is 0 Å². The number of benzene rings is 1. The maximum absolute atomic E-state index is 12.9. The number of hydrogen-bond donors (Lipinski definition) is 2. The largest absolute Gasteiger partial charge is 0.480 e. The lowest BCUT2D eigenvalue weighted by atomic mass is 10.2. The molecule has 0 spiro atoms. The van der Waals surface area contributed by atoms with Crippen LogP contribution < -0.4 is 5.32 Å². The molecule has 2 rings (SSSR count). The Morgan fingerprint density at radius 2 is 2.19 bits per heavy atom. The van der Waals surface area contributed by atoms with Crippen LogP contribution in [0.4, 0.5) is 10.1 Å². The van der Waals surface area contributed by atoms with Crippen molar-refractivity contribution in [2.24, 2.45) is 0 Å². The fourth-order valence-corrected chi connectivity index (χ4v) is 3.14. The number of sulfone groups is 1. The number of carboxylic acids is 1. The Labute approximate surface area is 90.8 Å². The maximum atomic E-state index is 12.9. The highest BCUT2D eigenvalue weighted by molar-refractivity contribution is 7.91. The van der Waals surface area contributed by atoms with E-state index in [0.29, 0.717) is 0 Å². The Hall–Kier alpha value is -1.63. The first-order valence-electron chi connectivity index (χ1n) is 4.42. The molecular weight excluding hydrogens is 237 g/mol. The van der Waals surface area contributed by atoms with Gasteiger partial charge in [0.15, 0.2) is 9.84 Å². The summed E-state index contributed by atoms with van der Waals surface area (Å²) in [5, 5.41) is 11.3. The molecule has 0 saturated heterocycles. The number of anilines is 1. The predicted octanol–water partition coefficient (Wildman–Crippen LogP) is 0.478. The number of rotatable bonds is 1. The topological polar surface area (TPSA) is 83.5 Å². The van der Waals surface area contributed by atoms with Gasteiger partial charge in [-0.05, 0) is 18.2 Å². The van der Waals surface area contributed by atoms with E-state index >= 15 is 0 Å². The third-order valence-electron chi connectivity index (χ3n) is 2.29. The molecule has 7 heteroatoms. The lowest BCUT2D eigenvalue weighted by Gasteiger charge is -2.23. The highest BCUT2D eigenvalue weighted by Gasteiger charge is 2.34. The van der Waals surface area contributed by atoms with Crippen molar-refractivity contribution >= 4 is 21.5 Å². The Balaban J connectivity index is 2.56. The van der Waals surface area contributed by atoms with E-state index < -0.39 is 33.4 Å². The summed E-state index contributed by atoms with van der Waals surface area (Å²) in [6, 6.07) is 1.99. The fourth-order valence-electron chi connectivity index (χ4n) is 1.54. The molecule has 0 bridgehead atoms. The predicted molar refractivity (Wildman–Crippen MR) is 53.5 cm³/mol. The molecule has 0 amide bonds. The van der Waals surface area contributed by atoms with Gasteiger partial charge < -0.3 is 10.4 Å². The van der Waals surface area contributed by atoms with Crippen LogP contribution in [0.15, 0.2) is 23.1 Å². The number of carboxylic acid groups (broad SMARTS) is 1. The minimum absolute atomic E-state index is 0.125. The van der Waals surface area contributed by atoms with Gasteiger partial charge in [0.2, 0.25) is 0 Å². The molecule has 16 heavy (non-hydrogen) atoms. The van der Waals surface area contributed by atoms with Gasteiger partial charge in [0.05, 0.1) is 16.3 Å². The molecule has 1 aromatic carbocycles. The van der Waals surface area contributed by atoms with Crippen molar-refractivity contribution in [3.05, 3.63) is 24.0 Å². The molecule has 0 radical (unpaired) electrons. The van der Waals surface area contributed by atoms with Crippen LogP contribution in [0.3, 0.4) is 0 Å². The third-order valence-corrected chi connectivity index (χ3v) is 4.07.